The van der Waals surface area contributed by atoms with E-state index in [1.165, 1.54) is 12.8 Å². The van der Waals surface area contributed by atoms with Crippen LogP contribution in [0.5, 0.6) is 0 Å². The predicted molar refractivity (Wildman–Crippen MR) is 65.3 cm³/mol. The summed E-state index contributed by atoms with van der Waals surface area (Å²) >= 11 is 0. The number of nitrogens with one attached hydrogen (secondary N) is 2. The highest BCUT2D eigenvalue weighted by atomic mass is 19.1. The normalized spacial score (nSPS) is 20.7. The van der Waals surface area contributed by atoms with Crippen molar-refractivity contribution in [3.63, 3.8) is 0 Å². The van der Waals surface area contributed by atoms with Crippen LogP contribution in [0.1, 0.15) is 18.4 Å². The van der Waals surface area contributed by atoms with Gasteiger partial charge in [0, 0.05) is 12.2 Å². The van der Waals surface area contributed by atoms with Crippen LogP contribution in [0.3, 0.4) is 0 Å². The van der Waals surface area contributed by atoms with E-state index < -0.39 is 0 Å². The maximum absolute atomic E-state index is 12.3. The monoisotopic (exact) mass is 222 g/mol. The van der Waals surface area contributed by atoms with E-state index in [-0.39, 0.29) is 6.67 Å². The summed E-state index contributed by atoms with van der Waals surface area (Å²) in [7, 11) is 0. The fourth-order valence-electron chi connectivity index (χ4n) is 2.07. The molecule has 0 amide bonds. The van der Waals surface area contributed by atoms with Crippen molar-refractivity contribution in [2.45, 2.75) is 19.5 Å². The van der Waals surface area contributed by atoms with Crippen molar-refractivity contribution in [3.8, 4) is 0 Å². The molecular weight excluding hydrogens is 203 g/mol. The molecule has 2 rings (SSSR count). The second-order valence-electron chi connectivity index (χ2n) is 4.42. The Kier molecular flexibility index (Phi) is 4.17. The lowest BCUT2D eigenvalue weighted by Crippen LogP contribution is -2.33. The van der Waals surface area contributed by atoms with Crippen LogP contribution < -0.4 is 10.6 Å². The molecule has 16 heavy (non-hydrogen) atoms. The Morgan fingerprint density at radius 3 is 2.75 bits per heavy atom. The van der Waals surface area contributed by atoms with Gasteiger partial charge in [-0.3, -0.25) is 0 Å². The van der Waals surface area contributed by atoms with E-state index in [4.69, 9.17) is 0 Å². The number of rotatable bonds is 4. The van der Waals surface area contributed by atoms with Gasteiger partial charge in [0.2, 0.25) is 0 Å². The lowest BCUT2D eigenvalue weighted by Gasteiger charge is -2.23. The van der Waals surface area contributed by atoms with Crippen LogP contribution in [0.4, 0.5) is 10.1 Å². The molecule has 0 aromatic heterocycles. The number of piperidine rings is 1. The van der Waals surface area contributed by atoms with Crippen LogP contribution >= 0.6 is 0 Å². The van der Waals surface area contributed by atoms with Crippen LogP contribution in [0.2, 0.25) is 0 Å². The molecule has 0 bridgehead atoms. The standard InChI is InChI=1S/C13H19FN2/c14-8-11-3-5-13(6-4-11)16-10-12-2-1-7-15-9-12/h3-6,12,15-16H,1-2,7-10H2. The molecule has 2 nitrogen and oxygen atoms in total. The maximum Gasteiger partial charge on any atom is 0.115 e. The van der Waals surface area contributed by atoms with Gasteiger partial charge < -0.3 is 10.6 Å². The molecule has 1 aromatic carbocycles. The summed E-state index contributed by atoms with van der Waals surface area (Å²) in [5.74, 6) is 0.717. The van der Waals surface area contributed by atoms with Crippen molar-refractivity contribution in [1.29, 1.82) is 0 Å². The van der Waals surface area contributed by atoms with Gasteiger partial charge in [-0.25, -0.2) is 4.39 Å². The summed E-state index contributed by atoms with van der Waals surface area (Å²) < 4.78 is 12.3. The highest BCUT2D eigenvalue weighted by Crippen LogP contribution is 2.14. The number of hydrogen-bond acceptors (Lipinski definition) is 2. The van der Waals surface area contributed by atoms with Crippen LogP contribution in [-0.4, -0.2) is 19.6 Å². The van der Waals surface area contributed by atoms with Gasteiger partial charge in [-0.1, -0.05) is 12.1 Å². The number of benzene rings is 1. The molecule has 1 heterocycles. The number of anilines is 1. The van der Waals surface area contributed by atoms with Crippen molar-refractivity contribution >= 4 is 5.69 Å². The zero-order chi connectivity index (χ0) is 11.2. The Morgan fingerprint density at radius 1 is 1.31 bits per heavy atom. The number of halogens is 1. The third kappa shape index (κ3) is 3.20. The van der Waals surface area contributed by atoms with Crippen LogP contribution in [0, 0.1) is 5.92 Å². The molecule has 1 saturated heterocycles. The van der Waals surface area contributed by atoms with Gasteiger partial charge in [-0.2, -0.15) is 0 Å². The molecule has 2 N–H and O–H groups in total. The van der Waals surface area contributed by atoms with Gasteiger partial charge in [0.1, 0.15) is 6.67 Å². The Morgan fingerprint density at radius 2 is 2.12 bits per heavy atom. The molecule has 1 fully saturated rings. The van der Waals surface area contributed by atoms with Gasteiger partial charge in [0.05, 0.1) is 0 Å². The average molecular weight is 222 g/mol. The topological polar surface area (TPSA) is 24.1 Å². The zero-order valence-electron chi connectivity index (χ0n) is 9.51. The van der Waals surface area contributed by atoms with Gasteiger partial charge in [0.25, 0.3) is 0 Å². The summed E-state index contributed by atoms with van der Waals surface area (Å²) in [5, 5.41) is 6.80. The Labute approximate surface area is 96.2 Å². The van der Waals surface area contributed by atoms with Gasteiger partial charge in [-0.15, -0.1) is 0 Å². The minimum atomic E-state index is -0.382. The summed E-state index contributed by atoms with van der Waals surface area (Å²) in [6.45, 7) is 2.88. The lowest BCUT2D eigenvalue weighted by atomic mass is 10.00. The van der Waals surface area contributed by atoms with E-state index >= 15 is 0 Å². The summed E-state index contributed by atoms with van der Waals surface area (Å²) in [5.41, 5.74) is 1.83. The molecule has 0 saturated carbocycles. The molecule has 0 spiro atoms. The number of alkyl halides is 1. The average Bonchev–Trinajstić information content (AvgIpc) is 2.38. The van der Waals surface area contributed by atoms with E-state index in [1.54, 1.807) is 0 Å². The highest BCUT2D eigenvalue weighted by molar-refractivity contribution is 5.44. The van der Waals surface area contributed by atoms with E-state index in [0.717, 1.165) is 36.8 Å². The summed E-state index contributed by atoms with van der Waals surface area (Å²) in [4.78, 5) is 0. The quantitative estimate of drug-likeness (QED) is 0.818. The third-order valence-electron chi connectivity index (χ3n) is 3.10. The molecule has 0 aliphatic carbocycles. The molecular formula is C13H19FN2. The van der Waals surface area contributed by atoms with Crippen molar-refractivity contribution in [2.24, 2.45) is 5.92 Å². The second kappa shape index (κ2) is 5.85. The molecule has 3 heteroatoms. The van der Waals surface area contributed by atoms with E-state index in [9.17, 15) is 4.39 Å². The first-order valence-electron chi connectivity index (χ1n) is 5.98. The molecule has 88 valence electrons. The largest absolute Gasteiger partial charge is 0.385 e. The smallest absolute Gasteiger partial charge is 0.115 e. The fraction of sp³-hybridized carbons (Fsp3) is 0.538. The van der Waals surface area contributed by atoms with Crippen molar-refractivity contribution in [3.05, 3.63) is 29.8 Å². The molecule has 1 aliphatic rings. The van der Waals surface area contributed by atoms with Crippen LogP contribution in [-0.2, 0) is 6.67 Å². The third-order valence-corrected chi connectivity index (χ3v) is 3.10. The van der Waals surface area contributed by atoms with Crippen LogP contribution in [0.25, 0.3) is 0 Å². The lowest BCUT2D eigenvalue weighted by molar-refractivity contribution is 0.393. The molecule has 1 aromatic rings. The van der Waals surface area contributed by atoms with Crippen molar-refractivity contribution in [2.75, 3.05) is 25.0 Å². The van der Waals surface area contributed by atoms with Gasteiger partial charge in [-0.05, 0) is 49.5 Å². The highest BCUT2D eigenvalue weighted by Gasteiger charge is 2.11. The second-order valence-corrected chi connectivity index (χ2v) is 4.42. The first kappa shape index (κ1) is 11.4. The molecule has 0 radical (unpaired) electrons. The number of hydrogen-bond donors (Lipinski definition) is 2. The zero-order valence-corrected chi connectivity index (χ0v) is 9.51. The minimum Gasteiger partial charge on any atom is -0.385 e. The predicted octanol–water partition coefficient (Wildman–Crippen LogP) is 2.57. The first-order chi connectivity index (χ1) is 7.88. The Balaban J connectivity index is 1.79. The van der Waals surface area contributed by atoms with Crippen LogP contribution in [0.15, 0.2) is 24.3 Å². The SMILES string of the molecule is FCc1ccc(NCC2CCCNC2)cc1. The van der Waals surface area contributed by atoms with Gasteiger partial charge >= 0.3 is 0 Å². The summed E-state index contributed by atoms with van der Waals surface area (Å²) in [6.07, 6.45) is 2.57. The minimum absolute atomic E-state index is 0.382. The Hall–Kier alpha value is -1.09. The van der Waals surface area contributed by atoms with E-state index in [0.29, 0.717) is 0 Å². The Bertz CT molecular complexity index is 304. The van der Waals surface area contributed by atoms with Crippen molar-refractivity contribution < 1.29 is 4.39 Å². The fourth-order valence-corrected chi connectivity index (χ4v) is 2.07. The maximum atomic E-state index is 12.3. The van der Waals surface area contributed by atoms with E-state index in [1.807, 2.05) is 24.3 Å². The first-order valence-corrected chi connectivity index (χ1v) is 5.98. The van der Waals surface area contributed by atoms with E-state index in [2.05, 4.69) is 10.6 Å². The van der Waals surface area contributed by atoms with Crippen molar-refractivity contribution in [1.82, 2.24) is 5.32 Å². The summed E-state index contributed by atoms with van der Waals surface area (Å²) in [6, 6.07) is 7.57. The molecule has 1 unspecified atom stereocenters. The molecule has 1 aliphatic heterocycles. The molecule has 1 atom stereocenters. The van der Waals surface area contributed by atoms with Gasteiger partial charge in [0.15, 0.2) is 0 Å².